The van der Waals surface area contributed by atoms with Crippen LogP contribution in [0.4, 0.5) is 17.2 Å². The van der Waals surface area contributed by atoms with Gasteiger partial charge in [-0.2, -0.15) is 5.10 Å². The number of ether oxygens (including phenoxy) is 1. The Labute approximate surface area is 218 Å². The van der Waals surface area contributed by atoms with Crippen molar-refractivity contribution in [3.63, 3.8) is 0 Å². The van der Waals surface area contributed by atoms with E-state index < -0.39 is 6.04 Å². The van der Waals surface area contributed by atoms with E-state index >= 15 is 0 Å². The molecule has 0 aliphatic carbocycles. The number of carbonyl (C=O) groups is 2. The number of nitrogens with one attached hydrogen (secondary N) is 3. The lowest BCUT2D eigenvalue weighted by molar-refractivity contribution is -0.113. The van der Waals surface area contributed by atoms with Gasteiger partial charge in [-0.25, -0.2) is 4.68 Å². The first-order chi connectivity index (χ1) is 18.0. The highest BCUT2D eigenvalue weighted by Crippen LogP contribution is 2.39. The van der Waals surface area contributed by atoms with E-state index in [0.29, 0.717) is 44.8 Å². The molecule has 186 valence electrons. The maximum Gasteiger partial charge on any atom is 0.261 e. The molecule has 37 heavy (non-hydrogen) atoms. The van der Waals surface area contributed by atoms with Gasteiger partial charge in [0.2, 0.25) is 0 Å². The quantitative estimate of drug-likeness (QED) is 0.306. The number of fused-ring (bicyclic) bond motifs is 1. The predicted octanol–water partition coefficient (Wildman–Crippen LogP) is 5.73. The Bertz CT molecular complexity index is 1510. The first-order valence-corrected chi connectivity index (χ1v) is 12.0. The molecule has 5 rings (SSSR count). The van der Waals surface area contributed by atoms with E-state index in [1.807, 2.05) is 54.6 Å². The average Bonchev–Trinajstić information content (AvgIpc) is 3.32. The summed E-state index contributed by atoms with van der Waals surface area (Å²) in [4.78, 5) is 26.8. The maximum atomic E-state index is 13.7. The van der Waals surface area contributed by atoms with Crippen LogP contribution in [0.25, 0.3) is 0 Å². The summed E-state index contributed by atoms with van der Waals surface area (Å²) >= 11 is 6.33. The van der Waals surface area contributed by atoms with Gasteiger partial charge in [0.05, 0.1) is 24.6 Å². The average molecular weight is 514 g/mol. The Hall–Kier alpha value is -4.56. The number of hydrogen-bond donors (Lipinski definition) is 3. The van der Waals surface area contributed by atoms with E-state index in [1.54, 1.807) is 43.0 Å². The molecular weight excluding hydrogens is 490 g/mol. The van der Waals surface area contributed by atoms with Crippen molar-refractivity contribution in [1.29, 1.82) is 0 Å². The molecule has 2 heterocycles. The number of halogens is 1. The van der Waals surface area contributed by atoms with E-state index in [1.165, 1.54) is 6.20 Å². The lowest BCUT2D eigenvalue weighted by atomic mass is 9.94. The molecule has 8 nitrogen and oxygen atoms in total. The number of benzene rings is 3. The topological polar surface area (TPSA) is 97.3 Å². The number of nitrogens with zero attached hydrogens (tertiary/aromatic N) is 2. The molecule has 1 aromatic heterocycles. The third-order valence-electron chi connectivity index (χ3n) is 6.06. The maximum absolute atomic E-state index is 13.7. The molecule has 0 bridgehead atoms. The van der Waals surface area contributed by atoms with Gasteiger partial charge in [0.25, 0.3) is 11.8 Å². The number of para-hydroxylation sites is 3. The molecule has 3 aromatic carbocycles. The van der Waals surface area contributed by atoms with Crippen LogP contribution < -0.4 is 20.7 Å². The van der Waals surface area contributed by atoms with Crippen LogP contribution in [0, 0.1) is 0 Å². The molecule has 1 unspecified atom stereocenters. The van der Waals surface area contributed by atoms with Gasteiger partial charge in [0.15, 0.2) is 0 Å². The van der Waals surface area contributed by atoms with Crippen LogP contribution in [-0.4, -0.2) is 28.7 Å². The van der Waals surface area contributed by atoms with Gasteiger partial charge < -0.3 is 20.7 Å². The second-order valence-corrected chi connectivity index (χ2v) is 8.88. The van der Waals surface area contributed by atoms with Crippen molar-refractivity contribution in [3.05, 3.63) is 112 Å². The number of carbonyl (C=O) groups excluding carboxylic acids is 2. The van der Waals surface area contributed by atoms with Crippen LogP contribution in [0.3, 0.4) is 0 Å². The monoisotopic (exact) mass is 513 g/mol. The number of aromatic nitrogens is 2. The van der Waals surface area contributed by atoms with Gasteiger partial charge in [0.1, 0.15) is 23.2 Å². The normalized spacial score (nSPS) is 14.4. The Morgan fingerprint density at radius 1 is 0.973 bits per heavy atom. The molecule has 0 fully saturated rings. The van der Waals surface area contributed by atoms with Crippen LogP contribution >= 0.6 is 11.6 Å². The van der Waals surface area contributed by atoms with E-state index in [2.05, 4.69) is 21.0 Å². The first-order valence-electron chi connectivity index (χ1n) is 11.6. The summed E-state index contributed by atoms with van der Waals surface area (Å²) in [5, 5.41) is 14.1. The zero-order valence-electron chi connectivity index (χ0n) is 20.2. The van der Waals surface area contributed by atoms with Crippen molar-refractivity contribution in [2.45, 2.75) is 13.0 Å². The minimum absolute atomic E-state index is 0.320. The summed E-state index contributed by atoms with van der Waals surface area (Å²) in [5.74, 6) is 0.358. The predicted molar refractivity (Wildman–Crippen MR) is 144 cm³/mol. The molecule has 1 atom stereocenters. The fourth-order valence-electron chi connectivity index (χ4n) is 4.36. The molecule has 4 aromatic rings. The smallest absolute Gasteiger partial charge is 0.261 e. The molecule has 9 heteroatoms. The van der Waals surface area contributed by atoms with Crippen molar-refractivity contribution < 1.29 is 14.3 Å². The number of methoxy groups -OCH3 is 1. The van der Waals surface area contributed by atoms with Crippen LogP contribution in [-0.2, 0) is 4.79 Å². The third-order valence-corrected chi connectivity index (χ3v) is 6.30. The summed E-state index contributed by atoms with van der Waals surface area (Å²) in [5.41, 5.74) is 3.31. The zero-order valence-corrected chi connectivity index (χ0v) is 20.9. The Morgan fingerprint density at radius 2 is 1.73 bits per heavy atom. The van der Waals surface area contributed by atoms with E-state index in [0.717, 1.165) is 5.56 Å². The third kappa shape index (κ3) is 4.79. The number of allylic oxidation sites excluding steroid dienone is 1. The number of hydrogen-bond acceptors (Lipinski definition) is 5. The highest BCUT2D eigenvalue weighted by molar-refractivity contribution is 6.30. The van der Waals surface area contributed by atoms with Crippen molar-refractivity contribution in [1.82, 2.24) is 9.78 Å². The minimum Gasteiger partial charge on any atom is -0.495 e. The van der Waals surface area contributed by atoms with E-state index in [-0.39, 0.29) is 11.8 Å². The molecule has 0 saturated heterocycles. The lowest BCUT2D eigenvalue weighted by Gasteiger charge is -2.30. The van der Waals surface area contributed by atoms with Crippen LogP contribution in [0.15, 0.2) is 96.3 Å². The van der Waals surface area contributed by atoms with Gasteiger partial charge >= 0.3 is 0 Å². The van der Waals surface area contributed by atoms with Gasteiger partial charge in [-0.1, -0.05) is 54.1 Å². The zero-order chi connectivity index (χ0) is 25.9. The largest absolute Gasteiger partial charge is 0.495 e. The lowest BCUT2D eigenvalue weighted by Crippen LogP contribution is -2.32. The fourth-order valence-corrected chi connectivity index (χ4v) is 4.56. The summed E-state index contributed by atoms with van der Waals surface area (Å²) in [6, 6.07) is 23.0. The first kappa shape index (κ1) is 24.1. The molecule has 1 aliphatic rings. The Morgan fingerprint density at radius 3 is 2.49 bits per heavy atom. The number of rotatable bonds is 6. The van der Waals surface area contributed by atoms with E-state index in [9.17, 15) is 9.59 Å². The molecule has 0 radical (unpaired) electrons. The second-order valence-electron chi connectivity index (χ2n) is 8.45. The molecule has 3 N–H and O–H groups in total. The van der Waals surface area contributed by atoms with Crippen LogP contribution in [0.5, 0.6) is 5.75 Å². The summed E-state index contributed by atoms with van der Waals surface area (Å²) in [6.45, 7) is 1.80. The van der Waals surface area contributed by atoms with Gasteiger partial charge in [-0.3, -0.25) is 9.59 Å². The Balaban J connectivity index is 1.56. The standard InChI is InChI=1S/C28H24ClN5O3/c1-17-24(28(36)33-22-13-6-7-14-23(22)37-2)25(18-9-8-10-19(29)15-18)34-26(31-17)21(16-30-34)27(35)32-20-11-4-3-5-12-20/h3-16,25,31H,1-2H3,(H,32,35)(H,33,36). The minimum atomic E-state index is -0.636. The SMILES string of the molecule is COc1ccccc1NC(=O)C1=C(C)Nc2c(C(=O)Nc3ccccc3)cnn2C1c1cccc(Cl)c1. The number of anilines is 3. The molecule has 0 saturated carbocycles. The van der Waals surface area contributed by atoms with Crippen molar-refractivity contribution in [3.8, 4) is 5.75 Å². The van der Waals surface area contributed by atoms with Crippen molar-refractivity contribution in [2.75, 3.05) is 23.1 Å². The van der Waals surface area contributed by atoms with Gasteiger partial charge in [-0.15, -0.1) is 0 Å². The van der Waals surface area contributed by atoms with E-state index in [4.69, 9.17) is 16.3 Å². The summed E-state index contributed by atoms with van der Waals surface area (Å²) < 4.78 is 7.03. The second kappa shape index (κ2) is 10.2. The highest BCUT2D eigenvalue weighted by atomic mass is 35.5. The summed E-state index contributed by atoms with van der Waals surface area (Å²) in [7, 11) is 1.55. The summed E-state index contributed by atoms with van der Waals surface area (Å²) in [6.07, 6.45) is 1.49. The van der Waals surface area contributed by atoms with Gasteiger partial charge in [0, 0.05) is 16.4 Å². The van der Waals surface area contributed by atoms with Crippen molar-refractivity contribution in [2.24, 2.45) is 0 Å². The molecule has 2 amide bonds. The fraction of sp³-hybridized carbons (Fsp3) is 0.107. The highest BCUT2D eigenvalue weighted by Gasteiger charge is 2.35. The number of amides is 2. The van der Waals surface area contributed by atoms with Crippen LogP contribution in [0.1, 0.15) is 28.9 Å². The molecule has 1 aliphatic heterocycles. The van der Waals surface area contributed by atoms with Gasteiger partial charge in [-0.05, 0) is 48.9 Å². The Kier molecular flexibility index (Phi) is 6.66. The molecule has 0 spiro atoms. The van der Waals surface area contributed by atoms with Crippen LogP contribution in [0.2, 0.25) is 5.02 Å². The molecular formula is C28H24ClN5O3. The van der Waals surface area contributed by atoms with Crippen molar-refractivity contribution >= 4 is 40.6 Å².